The van der Waals surface area contributed by atoms with Crippen LogP contribution in [0, 0.1) is 0 Å². The van der Waals surface area contributed by atoms with Gasteiger partial charge >= 0.3 is 0 Å². The number of hydrogen-bond donors (Lipinski definition) is 1. The van der Waals surface area contributed by atoms with Crippen molar-refractivity contribution in [1.82, 2.24) is 24.8 Å². The van der Waals surface area contributed by atoms with E-state index in [1.807, 2.05) is 40.6 Å². The number of hydrogen-bond acceptors (Lipinski definition) is 4. The Labute approximate surface area is 147 Å². The number of nitrogens with one attached hydrogen (secondary N) is 1. The van der Waals surface area contributed by atoms with Crippen LogP contribution >= 0.6 is 11.8 Å². The third-order valence-corrected chi connectivity index (χ3v) is 5.34. The normalized spacial score (nSPS) is 18.1. The summed E-state index contributed by atoms with van der Waals surface area (Å²) in [5, 5.41) is 11.9. The van der Waals surface area contributed by atoms with E-state index in [1.54, 1.807) is 0 Å². The third kappa shape index (κ3) is 4.01. The van der Waals surface area contributed by atoms with Crippen LogP contribution in [0.1, 0.15) is 26.6 Å². The highest BCUT2D eigenvalue weighted by atomic mass is 32.2. The van der Waals surface area contributed by atoms with Gasteiger partial charge in [-0.3, -0.25) is 9.39 Å². The van der Waals surface area contributed by atoms with Crippen LogP contribution in [0.3, 0.4) is 0 Å². The summed E-state index contributed by atoms with van der Waals surface area (Å²) in [6, 6.07) is 5.95. The average molecular weight is 347 g/mol. The van der Waals surface area contributed by atoms with Crippen molar-refractivity contribution in [3.63, 3.8) is 0 Å². The van der Waals surface area contributed by atoms with Crippen LogP contribution in [0.25, 0.3) is 5.65 Å². The number of aliphatic imine (C=N–C) groups is 1. The largest absolute Gasteiger partial charge is 0.357 e. The monoisotopic (exact) mass is 346 g/mol. The second kappa shape index (κ2) is 7.42. The summed E-state index contributed by atoms with van der Waals surface area (Å²) in [4.78, 5) is 7.20. The molecule has 0 atom stereocenters. The molecule has 1 saturated heterocycles. The van der Waals surface area contributed by atoms with Crippen molar-refractivity contribution < 1.29 is 0 Å². The second-order valence-corrected chi connectivity index (χ2v) is 8.36. The summed E-state index contributed by atoms with van der Waals surface area (Å²) in [6.07, 6.45) is 2.79. The zero-order valence-corrected chi connectivity index (χ0v) is 15.5. The number of rotatable bonds is 4. The number of guanidine groups is 1. The Hall–Kier alpha value is -1.76. The first-order valence-electron chi connectivity index (χ1n) is 8.55. The van der Waals surface area contributed by atoms with Gasteiger partial charge < -0.3 is 10.2 Å². The average Bonchev–Trinajstić information content (AvgIpc) is 2.96. The van der Waals surface area contributed by atoms with Gasteiger partial charge in [-0.2, -0.15) is 11.8 Å². The molecule has 7 heteroatoms. The van der Waals surface area contributed by atoms with Gasteiger partial charge in [0.1, 0.15) is 5.82 Å². The molecule has 0 amide bonds. The maximum Gasteiger partial charge on any atom is 0.194 e. The predicted molar refractivity (Wildman–Crippen MR) is 101 cm³/mol. The van der Waals surface area contributed by atoms with Crippen LogP contribution in [0.2, 0.25) is 0 Å². The molecule has 1 aliphatic rings. The lowest BCUT2D eigenvalue weighted by Crippen LogP contribution is -2.51. The molecule has 0 bridgehead atoms. The van der Waals surface area contributed by atoms with E-state index in [2.05, 4.69) is 41.2 Å². The van der Waals surface area contributed by atoms with E-state index in [0.717, 1.165) is 49.2 Å². The van der Waals surface area contributed by atoms with Crippen molar-refractivity contribution in [1.29, 1.82) is 0 Å². The van der Waals surface area contributed by atoms with Crippen molar-refractivity contribution in [3.05, 3.63) is 30.2 Å². The van der Waals surface area contributed by atoms with E-state index in [-0.39, 0.29) is 4.75 Å². The summed E-state index contributed by atoms with van der Waals surface area (Å²) in [5.41, 5.74) is 0.887. The fourth-order valence-electron chi connectivity index (χ4n) is 2.95. The molecular formula is C17H26N6S. The van der Waals surface area contributed by atoms with Crippen LogP contribution < -0.4 is 5.32 Å². The summed E-state index contributed by atoms with van der Waals surface area (Å²) in [7, 11) is 0. The van der Waals surface area contributed by atoms with Crippen molar-refractivity contribution in [3.8, 4) is 0 Å². The van der Waals surface area contributed by atoms with Crippen LogP contribution in [0.4, 0.5) is 0 Å². The Morgan fingerprint density at radius 1 is 1.38 bits per heavy atom. The number of fused-ring (bicyclic) bond motifs is 1. The predicted octanol–water partition coefficient (Wildman–Crippen LogP) is 2.06. The van der Waals surface area contributed by atoms with Gasteiger partial charge in [-0.05, 0) is 32.9 Å². The lowest BCUT2D eigenvalue weighted by atomic mass is 10.2. The number of thioether (sulfide) groups is 1. The lowest BCUT2D eigenvalue weighted by Gasteiger charge is -2.39. The molecule has 0 saturated carbocycles. The van der Waals surface area contributed by atoms with Gasteiger partial charge in [0.2, 0.25) is 0 Å². The van der Waals surface area contributed by atoms with Crippen LogP contribution in [0.5, 0.6) is 0 Å². The molecule has 0 radical (unpaired) electrons. The summed E-state index contributed by atoms with van der Waals surface area (Å²) < 4.78 is 2.31. The summed E-state index contributed by atoms with van der Waals surface area (Å²) in [5.74, 6) is 3.12. The van der Waals surface area contributed by atoms with Crippen molar-refractivity contribution in [2.45, 2.75) is 31.9 Å². The first-order valence-corrected chi connectivity index (χ1v) is 9.53. The van der Waals surface area contributed by atoms with Gasteiger partial charge in [0.25, 0.3) is 0 Å². The molecule has 2 aromatic heterocycles. The molecule has 0 aliphatic carbocycles. The number of aromatic nitrogens is 3. The lowest BCUT2D eigenvalue weighted by molar-refractivity contribution is 0.376. The van der Waals surface area contributed by atoms with Gasteiger partial charge in [0.15, 0.2) is 11.6 Å². The maximum absolute atomic E-state index is 4.83. The molecule has 6 nitrogen and oxygen atoms in total. The topological polar surface area (TPSA) is 57.8 Å². The molecule has 1 aliphatic heterocycles. The zero-order valence-electron chi connectivity index (χ0n) is 14.7. The zero-order chi connectivity index (χ0) is 17.0. The first kappa shape index (κ1) is 17.1. The second-order valence-electron chi connectivity index (χ2n) is 6.56. The molecule has 24 heavy (non-hydrogen) atoms. The van der Waals surface area contributed by atoms with E-state index < -0.39 is 0 Å². The quantitative estimate of drug-likeness (QED) is 0.678. The van der Waals surface area contributed by atoms with Gasteiger partial charge in [-0.1, -0.05) is 6.07 Å². The molecule has 2 aromatic rings. The van der Waals surface area contributed by atoms with E-state index in [0.29, 0.717) is 6.54 Å². The Bertz CT molecular complexity index is 708. The fourth-order valence-corrected chi connectivity index (χ4v) is 4.06. The van der Waals surface area contributed by atoms with Crippen molar-refractivity contribution in [2.24, 2.45) is 4.99 Å². The molecule has 1 fully saturated rings. The van der Waals surface area contributed by atoms with Crippen LogP contribution in [-0.4, -0.2) is 62.1 Å². The van der Waals surface area contributed by atoms with E-state index >= 15 is 0 Å². The minimum absolute atomic E-state index is 0.275. The fraction of sp³-hybridized carbons (Fsp3) is 0.588. The van der Waals surface area contributed by atoms with Gasteiger partial charge in [0.05, 0.1) is 0 Å². The minimum atomic E-state index is 0.275. The van der Waals surface area contributed by atoms with Gasteiger partial charge in [0, 0.05) is 49.3 Å². The third-order valence-electron chi connectivity index (χ3n) is 4.04. The van der Waals surface area contributed by atoms with Gasteiger partial charge in [-0.15, -0.1) is 10.2 Å². The van der Waals surface area contributed by atoms with Crippen LogP contribution in [0.15, 0.2) is 29.4 Å². The maximum atomic E-state index is 4.83. The van der Waals surface area contributed by atoms with Gasteiger partial charge in [-0.25, -0.2) is 0 Å². The van der Waals surface area contributed by atoms with Crippen LogP contribution in [-0.2, 0) is 6.42 Å². The first-order chi connectivity index (χ1) is 11.6. The molecule has 0 aromatic carbocycles. The number of nitrogens with zero attached hydrogens (tertiary/aromatic N) is 5. The highest BCUT2D eigenvalue weighted by molar-refractivity contribution is 8.00. The Morgan fingerprint density at radius 2 is 2.25 bits per heavy atom. The van der Waals surface area contributed by atoms with Crippen molar-refractivity contribution in [2.75, 3.05) is 31.9 Å². The highest BCUT2D eigenvalue weighted by Gasteiger charge is 2.28. The standard InChI is InChI=1S/C17H26N6S/c1-4-18-16(22-11-12-24-17(2,3)13-22)19-9-8-15-21-20-14-7-5-6-10-23(14)15/h5-7,10H,4,8-9,11-13H2,1-3H3,(H,18,19). The molecule has 3 rings (SSSR count). The van der Waals surface area contributed by atoms with E-state index in [1.165, 1.54) is 0 Å². The summed E-state index contributed by atoms with van der Waals surface area (Å²) in [6.45, 7) is 10.4. The Kier molecular flexibility index (Phi) is 5.28. The Balaban J connectivity index is 1.67. The number of pyridine rings is 1. The Morgan fingerprint density at radius 3 is 3.04 bits per heavy atom. The molecular weight excluding hydrogens is 320 g/mol. The molecule has 3 heterocycles. The molecule has 130 valence electrons. The molecule has 0 unspecified atom stereocenters. The molecule has 0 spiro atoms. The SMILES string of the molecule is CCNC(=NCCc1nnc2ccccn12)N1CCSC(C)(C)C1. The highest BCUT2D eigenvalue weighted by Crippen LogP contribution is 2.29. The smallest absolute Gasteiger partial charge is 0.194 e. The van der Waals surface area contributed by atoms with E-state index in [9.17, 15) is 0 Å². The minimum Gasteiger partial charge on any atom is -0.357 e. The molecule has 1 N–H and O–H groups in total. The van der Waals surface area contributed by atoms with E-state index in [4.69, 9.17) is 4.99 Å². The van der Waals surface area contributed by atoms with Crippen molar-refractivity contribution >= 4 is 23.4 Å². The summed E-state index contributed by atoms with van der Waals surface area (Å²) >= 11 is 2.04.